The van der Waals surface area contributed by atoms with Crippen LogP contribution in [-0.2, 0) is 14.3 Å². The van der Waals surface area contributed by atoms with Gasteiger partial charge >= 0.3 is 5.97 Å². The molecule has 0 rings (SSSR count). The summed E-state index contributed by atoms with van der Waals surface area (Å²) in [4.78, 5) is 22.9. The molecular weight excluding hydrogens is 244 g/mol. The third-order valence-corrected chi connectivity index (χ3v) is 2.27. The van der Waals surface area contributed by atoms with Gasteiger partial charge in [0.25, 0.3) is 0 Å². The van der Waals surface area contributed by atoms with Gasteiger partial charge in [-0.05, 0) is 25.9 Å². The second kappa shape index (κ2) is 10.4. The number of nitrogens with one attached hydrogen (secondary N) is 2. The van der Waals surface area contributed by atoms with Crippen LogP contribution in [0.5, 0.6) is 0 Å². The molecule has 0 heterocycles. The van der Waals surface area contributed by atoms with E-state index in [9.17, 15) is 9.59 Å². The third-order valence-electron chi connectivity index (χ3n) is 2.27. The minimum Gasteiger partial charge on any atom is -0.467 e. The Morgan fingerprint density at radius 2 is 1.88 bits per heavy atom. The first kappa shape index (κ1) is 18.6. The molecule has 0 radical (unpaired) electrons. The van der Waals surface area contributed by atoms with E-state index in [1.165, 1.54) is 7.11 Å². The van der Waals surface area contributed by atoms with Gasteiger partial charge in [0, 0.05) is 6.42 Å². The summed E-state index contributed by atoms with van der Waals surface area (Å²) in [7, 11) is 3.16. The van der Waals surface area contributed by atoms with Gasteiger partial charge in [-0.1, -0.05) is 13.8 Å². The zero-order chi connectivity index (χ0) is 12.6. The molecule has 0 aliphatic heterocycles. The van der Waals surface area contributed by atoms with E-state index < -0.39 is 12.0 Å². The molecule has 17 heavy (non-hydrogen) atoms. The van der Waals surface area contributed by atoms with Gasteiger partial charge in [0.1, 0.15) is 6.04 Å². The van der Waals surface area contributed by atoms with Crippen LogP contribution in [0.25, 0.3) is 0 Å². The maximum atomic E-state index is 11.5. The summed E-state index contributed by atoms with van der Waals surface area (Å²) in [6.07, 6.45) is 1.18. The molecule has 0 aromatic rings. The summed E-state index contributed by atoms with van der Waals surface area (Å²) < 4.78 is 4.63. The van der Waals surface area contributed by atoms with Gasteiger partial charge in [-0.15, -0.1) is 12.4 Å². The van der Waals surface area contributed by atoms with Crippen LogP contribution >= 0.6 is 12.4 Å². The standard InChI is InChI=1S/C11H22N2O3.ClH/c1-8(2)10(11(15)16-4)13-9(14)6-5-7-12-3;/h8,10,12H,5-7H2,1-4H3,(H,13,14);1H. The van der Waals surface area contributed by atoms with E-state index in [-0.39, 0.29) is 24.2 Å². The Kier molecular flexibility index (Phi) is 11.3. The molecule has 6 heteroatoms. The second-order valence-electron chi connectivity index (χ2n) is 4.02. The van der Waals surface area contributed by atoms with Crippen LogP contribution < -0.4 is 10.6 Å². The fourth-order valence-electron chi connectivity index (χ4n) is 1.30. The van der Waals surface area contributed by atoms with Crippen molar-refractivity contribution in [2.75, 3.05) is 20.7 Å². The van der Waals surface area contributed by atoms with Gasteiger partial charge in [-0.3, -0.25) is 4.79 Å². The van der Waals surface area contributed by atoms with Crippen LogP contribution in [0.2, 0.25) is 0 Å². The Balaban J connectivity index is 0. The fraction of sp³-hybridized carbons (Fsp3) is 0.818. The van der Waals surface area contributed by atoms with Crippen LogP contribution in [0.3, 0.4) is 0 Å². The third kappa shape index (κ3) is 7.99. The van der Waals surface area contributed by atoms with Crippen molar-refractivity contribution in [3.8, 4) is 0 Å². The Labute approximate surface area is 109 Å². The molecule has 102 valence electrons. The van der Waals surface area contributed by atoms with Crippen molar-refractivity contribution in [2.45, 2.75) is 32.7 Å². The lowest BCUT2D eigenvalue weighted by Crippen LogP contribution is -2.45. The minimum atomic E-state index is -0.549. The van der Waals surface area contributed by atoms with Crippen molar-refractivity contribution in [3.05, 3.63) is 0 Å². The molecule has 5 nitrogen and oxygen atoms in total. The first-order valence-corrected chi connectivity index (χ1v) is 5.54. The average molecular weight is 267 g/mol. The Morgan fingerprint density at radius 3 is 2.29 bits per heavy atom. The zero-order valence-electron chi connectivity index (χ0n) is 10.9. The van der Waals surface area contributed by atoms with Gasteiger partial charge in [-0.2, -0.15) is 0 Å². The first-order chi connectivity index (χ1) is 7.52. The molecule has 1 atom stereocenters. The SMILES string of the molecule is CNCCCC(=O)NC(C(=O)OC)C(C)C.Cl. The van der Waals surface area contributed by atoms with E-state index in [1.807, 2.05) is 20.9 Å². The molecule has 1 unspecified atom stereocenters. The van der Waals surface area contributed by atoms with Crippen molar-refractivity contribution in [1.82, 2.24) is 10.6 Å². The largest absolute Gasteiger partial charge is 0.467 e. The highest BCUT2D eigenvalue weighted by Gasteiger charge is 2.24. The number of amides is 1. The van der Waals surface area contributed by atoms with Crippen LogP contribution in [0.1, 0.15) is 26.7 Å². The quantitative estimate of drug-likeness (QED) is 0.526. The van der Waals surface area contributed by atoms with Gasteiger partial charge < -0.3 is 15.4 Å². The number of methoxy groups -OCH3 is 1. The molecule has 1 amide bonds. The molecule has 0 saturated carbocycles. The molecular formula is C11H23ClN2O3. The number of carbonyl (C=O) groups excluding carboxylic acids is 2. The molecule has 2 N–H and O–H groups in total. The van der Waals surface area contributed by atoms with Crippen LogP contribution in [0, 0.1) is 5.92 Å². The Hall–Kier alpha value is -0.810. The van der Waals surface area contributed by atoms with E-state index in [1.54, 1.807) is 0 Å². The summed E-state index contributed by atoms with van der Waals surface area (Å²) in [6.45, 7) is 4.53. The number of halogens is 1. The van der Waals surface area contributed by atoms with Crippen molar-refractivity contribution in [1.29, 1.82) is 0 Å². The molecule has 0 aliphatic rings. The highest BCUT2D eigenvalue weighted by atomic mass is 35.5. The maximum Gasteiger partial charge on any atom is 0.328 e. The number of hydrogen-bond donors (Lipinski definition) is 2. The van der Waals surface area contributed by atoms with Gasteiger partial charge in [-0.25, -0.2) is 4.79 Å². The summed E-state index contributed by atoms with van der Waals surface area (Å²) in [5.41, 5.74) is 0. The van der Waals surface area contributed by atoms with Crippen LogP contribution in [-0.4, -0.2) is 38.6 Å². The number of ether oxygens (including phenoxy) is 1. The summed E-state index contributed by atoms with van der Waals surface area (Å²) in [5.74, 6) is -0.475. The van der Waals surface area contributed by atoms with E-state index in [2.05, 4.69) is 15.4 Å². The molecule has 0 aromatic heterocycles. The van der Waals surface area contributed by atoms with Crippen molar-refractivity contribution < 1.29 is 14.3 Å². The summed E-state index contributed by atoms with van der Waals surface area (Å²) in [6, 6.07) is -0.549. The average Bonchev–Trinajstić information content (AvgIpc) is 2.25. The molecule has 0 spiro atoms. The topological polar surface area (TPSA) is 67.4 Å². The van der Waals surface area contributed by atoms with E-state index >= 15 is 0 Å². The smallest absolute Gasteiger partial charge is 0.328 e. The monoisotopic (exact) mass is 266 g/mol. The summed E-state index contributed by atoms with van der Waals surface area (Å²) in [5, 5.41) is 5.65. The van der Waals surface area contributed by atoms with Crippen LogP contribution in [0.15, 0.2) is 0 Å². The molecule has 0 saturated heterocycles. The van der Waals surface area contributed by atoms with E-state index in [0.717, 1.165) is 13.0 Å². The predicted octanol–water partition coefficient (Wildman–Crippen LogP) is 0.722. The minimum absolute atomic E-state index is 0. The summed E-state index contributed by atoms with van der Waals surface area (Å²) >= 11 is 0. The van der Waals surface area contributed by atoms with Gasteiger partial charge in [0.2, 0.25) is 5.91 Å². The molecule has 0 fully saturated rings. The second-order valence-corrected chi connectivity index (χ2v) is 4.02. The van der Waals surface area contributed by atoms with Crippen molar-refractivity contribution >= 4 is 24.3 Å². The number of hydrogen-bond acceptors (Lipinski definition) is 4. The fourth-order valence-corrected chi connectivity index (χ4v) is 1.30. The molecule has 0 bridgehead atoms. The van der Waals surface area contributed by atoms with E-state index in [0.29, 0.717) is 6.42 Å². The molecule has 0 aromatic carbocycles. The first-order valence-electron chi connectivity index (χ1n) is 5.54. The number of rotatable bonds is 7. The lowest BCUT2D eigenvalue weighted by Gasteiger charge is -2.19. The van der Waals surface area contributed by atoms with Crippen molar-refractivity contribution in [3.63, 3.8) is 0 Å². The van der Waals surface area contributed by atoms with Gasteiger partial charge in [0.15, 0.2) is 0 Å². The van der Waals surface area contributed by atoms with Gasteiger partial charge in [0.05, 0.1) is 7.11 Å². The lowest BCUT2D eigenvalue weighted by molar-refractivity contribution is -0.146. The van der Waals surface area contributed by atoms with E-state index in [4.69, 9.17) is 0 Å². The van der Waals surface area contributed by atoms with Crippen molar-refractivity contribution in [2.24, 2.45) is 5.92 Å². The van der Waals surface area contributed by atoms with Crippen LogP contribution in [0.4, 0.5) is 0 Å². The lowest BCUT2D eigenvalue weighted by atomic mass is 10.0. The Morgan fingerprint density at radius 1 is 1.29 bits per heavy atom. The highest BCUT2D eigenvalue weighted by molar-refractivity contribution is 5.85. The zero-order valence-corrected chi connectivity index (χ0v) is 11.7. The highest BCUT2D eigenvalue weighted by Crippen LogP contribution is 2.04. The Bertz CT molecular complexity index is 235. The predicted molar refractivity (Wildman–Crippen MR) is 69.2 cm³/mol. The maximum absolute atomic E-state index is 11.5. The normalized spacial score (nSPS) is 11.6. The number of carbonyl (C=O) groups is 2. The molecule has 0 aliphatic carbocycles. The number of esters is 1.